The predicted octanol–water partition coefficient (Wildman–Crippen LogP) is 2.26. The van der Waals surface area contributed by atoms with E-state index < -0.39 is 5.97 Å². The molecule has 2 heterocycles. The smallest absolute Gasteiger partial charge is 0.335 e. The molecule has 7 nitrogen and oxygen atoms in total. The van der Waals surface area contributed by atoms with Gasteiger partial charge < -0.3 is 20.2 Å². The zero-order chi connectivity index (χ0) is 17.6. The van der Waals surface area contributed by atoms with Crippen molar-refractivity contribution in [2.75, 3.05) is 31.1 Å². The number of amides is 2. The number of rotatable bonds is 4. The first-order chi connectivity index (χ1) is 12.1. The number of carbonyl (C=O) groups is 2. The van der Waals surface area contributed by atoms with E-state index in [1.165, 1.54) is 0 Å². The summed E-state index contributed by atoms with van der Waals surface area (Å²) in [6.07, 6.45) is 2.70. The number of carboxylic acid groups (broad SMARTS) is 1. The summed E-state index contributed by atoms with van der Waals surface area (Å²) in [4.78, 5) is 31.6. The number of carbonyl (C=O) groups excluding carboxylic acids is 1. The topological polar surface area (TPSA) is 85.8 Å². The van der Waals surface area contributed by atoms with E-state index in [9.17, 15) is 9.59 Å². The highest BCUT2D eigenvalue weighted by molar-refractivity contribution is 7.13. The van der Waals surface area contributed by atoms with Crippen molar-refractivity contribution in [1.29, 1.82) is 0 Å². The Hall–Kier alpha value is -2.61. The molecule has 1 aromatic heterocycles. The highest BCUT2D eigenvalue weighted by atomic mass is 32.1. The molecule has 2 amide bonds. The van der Waals surface area contributed by atoms with Crippen molar-refractivity contribution in [2.45, 2.75) is 13.0 Å². The van der Waals surface area contributed by atoms with Crippen molar-refractivity contribution in [3.63, 3.8) is 0 Å². The van der Waals surface area contributed by atoms with E-state index in [0.717, 1.165) is 30.2 Å². The van der Waals surface area contributed by atoms with Gasteiger partial charge in [-0.3, -0.25) is 0 Å². The van der Waals surface area contributed by atoms with Crippen LogP contribution in [0.2, 0.25) is 0 Å². The van der Waals surface area contributed by atoms with Gasteiger partial charge in [0.2, 0.25) is 0 Å². The van der Waals surface area contributed by atoms with Gasteiger partial charge in [-0.15, -0.1) is 11.3 Å². The largest absolute Gasteiger partial charge is 0.478 e. The van der Waals surface area contributed by atoms with Crippen LogP contribution in [0.15, 0.2) is 35.8 Å². The Morgan fingerprint density at radius 2 is 1.96 bits per heavy atom. The van der Waals surface area contributed by atoms with E-state index in [1.807, 2.05) is 10.3 Å². The Bertz CT molecular complexity index is 718. The van der Waals surface area contributed by atoms with Gasteiger partial charge in [0.15, 0.2) is 5.13 Å². The summed E-state index contributed by atoms with van der Waals surface area (Å²) in [7, 11) is 0. The number of aromatic nitrogens is 1. The molecule has 0 spiro atoms. The normalized spacial score (nSPS) is 14.9. The van der Waals surface area contributed by atoms with Crippen LogP contribution < -0.4 is 10.2 Å². The van der Waals surface area contributed by atoms with Crippen LogP contribution in [-0.4, -0.2) is 53.2 Å². The number of carboxylic acids is 1. The number of benzene rings is 1. The molecule has 8 heteroatoms. The molecule has 1 fully saturated rings. The molecular formula is C17H20N4O3S. The lowest BCUT2D eigenvalue weighted by Crippen LogP contribution is -2.41. The minimum atomic E-state index is -0.954. The second-order valence-electron chi connectivity index (χ2n) is 5.80. The van der Waals surface area contributed by atoms with Crippen LogP contribution in [0.5, 0.6) is 0 Å². The average Bonchev–Trinajstić information content (AvgIpc) is 3.04. The van der Waals surface area contributed by atoms with Gasteiger partial charge in [0, 0.05) is 44.3 Å². The van der Waals surface area contributed by atoms with Crippen LogP contribution in [0.25, 0.3) is 0 Å². The first-order valence-electron chi connectivity index (χ1n) is 8.13. The first-order valence-corrected chi connectivity index (χ1v) is 9.01. The number of anilines is 1. The van der Waals surface area contributed by atoms with Crippen molar-refractivity contribution >= 4 is 28.5 Å². The Morgan fingerprint density at radius 3 is 2.64 bits per heavy atom. The second kappa shape index (κ2) is 7.98. The van der Waals surface area contributed by atoms with Gasteiger partial charge in [-0.1, -0.05) is 12.1 Å². The van der Waals surface area contributed by atoms with Crippen molar-refractivity contribution < 1.29 is 14.7 Å². The highest BCUT2D eigenvalue weighted by Gasteiger charge is 2.20. The predicted molar refractivity (Wildman–Crippen MR) is 96.2 cm³/mol. The van der Waals surface area contributed by atoms with Crippen molar-refractivity contribution in [3.05, 3.63) is 47.0 Å². The maximum absolute atomic E-state index is 12.4. The van der Waals surface area contributed by atoms with Gasteiger partial charge in [-0.25, -0.2) is 14.6 Å². The highest BCUT2D eigenvalue weighted by Crippen LogP contribution is 2.19. The van der Waals surface area contributed by atoms with Crippen molar-refractivity contribution in [3.8, 4) is 0 Å². The molecule has 25 heavy (non-hydrogen) atoms. The van der Waals surface area contributed by atoms with Gasteiger partial charge in [-0.2, -0.15) is 0 Å². The third-order valence-corrected chi connectivity index (χ3v) is 4.95. The maximum atomic E-state index is 12.4. The molecule has 1 saturated heterocycles. The van der Waals surface area contributed by atoms with Gasteiger partial charge >= 0.3 is 12.0 Å². The van der Waals surface area contributed by atoms with Crippen LogP contribution in [0.1, 0.15) is 22.3 Å². The van der Waals surface area contributed by atoms with Crippen molar-refractivity contribution in [1.82, 2.24) is 15.2 Å². The molecule has 0 radical (unpaired) electrons. The molecular weight excluding hydrogens is 340 g/mol. The number of hydrogen-bond acceptors (Lipinski definition) is 5. The van der Waals surface area contributed by atoms with E-state index in [4.69, 9.17) is 5.11 Å². The fraction of sp³-hybridized carbons (Fsp3) is 0.353. The monoisotopic (exact) mass is 360 g/mol. The minimum absolute atomic E-state index is 0.0942. The van der Waals surface area contributed by atoms with Crippen LogP contribution in [0.3, 0.4) is 0 Å². The molecule has 132 valence electrons. The van der Waals surface area contributed by atoms with E-state index in [0.29, 0.717) is 19.6 Å². The molecule has 3 rings (SSSR count). The second-order valence-corrected chi connectivity index (χ2v) is 6.68. The SMILES string of the molecule is O=C(O)c1ccc(CNC(=O)N2CCCN(c3nccs3)CC2)cc1. The van der Waals surface area contributed by atoms with Crippen LogP contribution in [-0.2, 0) is 6.54 Å². The molecule has 1 aromatic carbocycles. The zero-order valence-corrected chi connectivity index (χ0v) is 14.5. The summed E-state index contributed by atoms with van der Waals surface area (Å²) in [6.45, 7) is 3.42. The molecule has 2 aromatic rings. The fourth-order valence-electron chi connectivity index (χ4n) is 2.74. The van der Waals surface area contributed by atoms with E-state index in [-0.39, 0.29) is 11.6 Å². The summed E-state index contributed by atoms with van der Waals surface area (Å²) in [5, 5.41) is 14.8. The van der Waals surface area contributed by atoms with Gasteiger partial charge in [0.05, 0.1) is 5.56 Å². The first kappa shape index (κ1) is 17.2. The molecule has 1 aliphatic heterocycles. The van der Waals surface area contributed by atoms with E-state index >= 15 is 0 Å². The number of urea groups is 1. The molecule has 2 N–H and O–H groups in total. The minimum Gasteiger partial charge on any atom is -0.478 e. The summed E-state index contributed by atoms with van der Waals surface area (Å²) in [6, 6.07) is 6.43. The summed E-state index contributed by atoms with van der Waals surface area (Å²) in [5.41, 5.74) is 1.11. The lowest BCUT2D eigenvalue weighted by molar-refractivity contribution is 0.0697. The number of aromatic carboxylic acids is 1. The summed E-state index contributed by atoms with van der Waals surface area (Å²) < 4.78 is 0. The molecule has 0 atom stereocenters. The molecule has 1 aliphatic rings. The number of nitrogens with one attached hydrogen (secondary N) is 1. The fourth-order valence-corrected chi connectivity index (χ4v) is 3.44. The van der Waals surface area contributed by atoms with Crippen LogP contribution in [0, 0.1) is 0 Å². The van der Waals surface area contributed by atoms with Crippen LogP contribution in [0.4, 0.5) is 9.93 Å². The van der Waals surface area contributed by atoms with E-state index in [1.54, 1.807) is 41.8 Å². The van der Waals surface area contributed by atoms with Gasteiger partial charge in [0.1, 0.15) is 0 Å². The molecule has 0 aliphatic carbocycles. The average molecular weight is 360 g/mol. The van der Waals surface area contributed by atoms with Crippen LogP contribution >= 0.6 is 11.3 Å². The quantitative estimate of drug-likeness (QED) is 0.873. The maximum Gasteiger partial charge on any atom is 0.335 e. The Morgan fingerprint density at radius 1 is 1.16 bits per heavy atom. The summed E-state index contributed by atoms with van der Waals surface area (Å²) >= 11 is 1.61. The number of hydrogen-bond donors (Lipinski definition) is 2. The lowest BCUT2D eigenvalue weighted by atomic mass is 10.1. The lowest BCUT2D eigenvalue weighted by Gasteiger charge is -2.22. The Balaban J connectivity index is 1.50. The Labute approximate surface area is 149 Å². The third-order valence-electron chi connectivity index (χ3n) is 4.12. The van der Waals surface area contributed by atoms with E-state index in [2.05, 4.69) is 15.2 Å². The zero-order valence-electron chi connectivity index (χ0n) is 13.7. The van der Waals surface area contributed by atoms with Gasteiger partial charge in [0.25, 0.3) is 0 Å². The number of thiazole rings is 1. The molecule has 0 saturated carbocycles. The Kier molecular flexibility index (Phi) is 5.49. The third kappa shape index (κ3) is 4.48. The standard InChI is InChI=1S/C17H20N4O3S/c22-15(23)14-4-2-13(3-5-14)12-19-16(24)20-7-1-8-21(10-9-20)17-18-6-11-25-17/h2-6,11H,1,7-10,12H2,(H,19,24)(H,22,23). The molecule has 0 bridgehead atoms. The van der Waals surface area contributed by atoms with Crippen molar-refractivity contribution in [2.24, 2.45) is 0 Å². The number of nitrogens with zero attached hydrogens (tertiary/aromatic N) is 3. The summed E-state index contributed by atoms with van der Waals surface area (Å²) in [5.74, 6) is -0.954. The molecule has 0 unspecified atom stereocenters. The van der Waals surface area contributed by atoms with Gasteiger partial charge in [-0.05, 0) is 24.1 Å².